The number of anilines is 1. The molecule has 30 heavy (non-hydrogen) atoms. The molecule has 3 aromatic rings. The number of carbonyl (C=O) groups excluding carboxylic acids is 2. The highest BCUT2D eigenvalue weighted by molar-refractivity contribution is 7.17. The molecule has 158 valence electrons. The van der Waals surface area contributed by atoms with Gasteiger partial charge in [-0.15, -0.1) is 32.9 Å². The molecule has 0 atom stereocenters. The van der Waals surface area contributed by atoms with Crippen molar-refractivity contribution in [3.8, 4) is 10.8 Å². The molecule has 0 saturated heterocycles. The SMILES string of the molecule is CCCN(CC(=O)Nc1sc2c(c1C(N)=O)CCC2)Cc1nnc(-c2cccs2)o1. The number of rotatable bonds is 9. The van der Waals surface area contributed by atoms with E-state index in [4.69, 9.17) is 10.2 Å². The molecule has 1 aliphatic carbocycles. The fourth-order valence-electron chi connectivity index (χ4n) is 3.66. The molecule has 4 rings (SSSR count). The summed E-state index contributed by atoms with van der Waals surface area (Å²) >= 11 is 2.99. The molecule has 0 unspecified atom stereocenters. The third-order valence-corrected chi connectivity index (χ3v) is 6.95. The average Bonchev–Trinajstić information content (AvgIpc) is 3.45. The monoisotopic (exact) mass is 445 g/mol. The van der Waals surface area contributed by atoms with E-state index in [1.165, 1.54) is 22.7 Å². The maximum atomic E-state index is 12.7. The van der Waals surface area contributed by atoms with Gasteiger partial charge in [0.25, 0.3) is 11.8 Å². The van der Waals surface area contributed by atoms with Crippen LogP contribution < -0.4 is 11.1 Å². The van der Waals surface area contributed by atoms with Crippen LogP contribution in [0.5, 0.6) is 0 Å². The van der Waals surface area contributed by atoms with Crippen LogP contribution in [0.1, 0.15) is 46.5 Å². The van der Waals surface area contributed by atoms with E-state index in [0.29, 0.717) is 35.4 Å². The van der Waals surface area contributed by atoms with Gasteiger partial charge in [0.05, 0.1) is 23.5 Å². The number of amides is 2. The minimum atomic E-state index is -0.484. The highest BCUT2D eigenvalue weighted by atomic mass is 32.1. The summed E-state index contributed by atoms with van der Waals surface area (Å²) in [6, 6.07) is 3.85. The van der Waals surface area contributed by atoms with E-state index < -0.39 is 5.91 Å². The molecule has 0 aliphatic heterocycles. The smallest absolute Gasteiger partial charge is 0.257 e. The van der Waals surface area contributed by atoms with Crippen molar-refractivity contribution in [2.45, 2.75) is 39.2 Å². The third-order valence-electron chi connectivity index (χ3n) is 4.89. The first kappa shape index (κ1) is 20.7. The van der Waals surface area contributed by atoms with Gasteiger partial charge in [0, 0.05) is 4.88 Å². The van der Waals surface area contributed by atoms with E-state index in [1.54, 1.807) is 0 Å². The second-order valence-electron chi connectivity index (χ2n) is 7.16. The maximum Gasteiger partial charge on any atom is 0.257 e. The van der Waals surface area contributed by atoms with Crippen LogP contribution in [-0.2, 0) is 24.2 Å². The lowest BCUT2D eigenvalue weighted by Gasteiger charge is -2.19. The van der Waals surface area contributed by atoms with Crippen LogP contribution in [0.15, 0.2) is 21.9 Å². The Bertz CT molecular complexity index is 1040. The Morgan fingerprint density at radius 1 is 1.33 bits per heavy atom. The molecule has 3 aromatic heterocycles. The molecular formula is C20H23N5O3S2. The molecule has 0 fully saturated rings. The summed E-state index contributed by atoms with van der Waals surface area (Å²) in [5.41, 5.74) is 7.05. The maximum absolute atomic E-state index is 12.7. The van der Waals surface area contributed by atoms with Gasteiger partial charge in [-0.2, -0.15) is 0 Å². The largest absolute Gasteiger partial charge is 0.419 e. The van der Waals surface area contributed by atoms with Gasteiger partial charge in [-0.25, -0.2) is 0 Å². The van der Waals surface area contributed by atoms with Crippen LogP contribution in [0.2, 0.25) is 0 Å². The minimum absolute atomic E-state index is 0.158. The summed E-state index contributed by atoms with van der Waals surface area (Å²) < 4.78 is 5.75. The highest BCUT2D eigenvalue weighted by Gasteiger charge is 2.26. The van der Waals surface area contributed by atoms with E-state index in [2.05, 4.69) is 15.5 Å². The quantitative estimate of drug-likeness (QED) is 0.522. The molecule has 10 heteroatoms. The zero-order valence-corrected chi connectivity index (χ0v) is 18.3. The molecule has 2 amide bonds. The number of fused-ring (bicyclic) bond motifs is 1. The van der Waals surface area contributed by atoms with Crippen LogP contribution in [0.3, 0.4) is 0 Å². The minimum Gasteiger partial charge on any atom is -0.419 e. The second-order valence-corrected chi connectivity index (χ2v) is 9.22. The van der Waals surface area contributed by atoms with Crippen molar-refractivity contribution in [1.82, 2.24) is 15.1 Å². The number of hydrogen-bond acceptors (Lipinski definition) is 8. The number of aryl methyl sites for hydroxylation is 1. The summed E-state index contributed by atoms with van der Waals surface area (Å²) in [4.78, 5) is 28.7. The van der Waals surface area contributed by atoms with Gasteiger partial charge in [-0.3, -0.25) is 14.5 Å². The molecular weight excluding hydrogens is 422 g/mol. The van der Waals surface area contributed by atoms with Gasteiger partial charge < -0.3 is 15.5 Å². The van der Waals surface area contributed by atoms with E-state index >= 15 is 0 Å². The first-order chi connectivity index (χ1) is 14.5. The van der Waals surface area contributed by atoms with E-state index in [-0.39, 0.29) is 12.5 Å². The standard InChI is InChI=1S/C20H23N5O3S2/c1-2-8-25(11-16-23-24-19(28-16)14-7-4-9-29-14)10-15(26)22-20-17(18(21)27)12-5-3-6-13(12)30-20/h4,7,9H,2-3,5-6,8,10-11H2,1H3,(H2,21,27)(H,22,26). The number of primary amides is 1. The van der Waals surface area contributed by atoms with E-state index in [1.807, 2.05) is 29.3 Å². The normalized spacial score (nSPS) is 13.0. The van der Waals surface area contributed by atoms with Crippen molar-refractivity contribution in [3.63, 3.8) is 0 Å². The predicted octanol–water partition coefficient (Wildman–Crippen LogP) is 3.30. The Morgan fingerprint density at radius 3 is 2.93 bits per heavy atom. The van der Waals surface area contributed by atoms with Crippen molar-refractivity contribution in [2.75, 3.05) is 18.4 Å². The fraction of sp³-hybridized carbons (Fsp3) is 0.400. The summed E-state index contributed by atoms with van der Waals surface area (Å²) in [6.45, 7) is 3.28. The van der Waals surface area contributed by atoms with Gasteiger partial charge in [0.2, 0.25) is 11.8 Å². The van der Waals surface area contributed by atoms with Crippen LogP contribution >= 0.6 is 22.7 Å². The first-order valence-corrected chi connectivity index (χ1v) is 11.6. The molecule has 3 N–H and O–H groups in total. The Balaban J connectivity index is 1.42. The van der Waals surface area contributed by atoms with Crippen LogP contribution in [-0.4, -0.2) is 40.0 Å². The Kier molecular flexibility index (Phi) is 6.26. The molecule has 0 radical (unpaired) electrons. The average molecular weight is 446 g/mol. The highest BCUT2D eigenvalue weighted by Crippen LogP contribution is 2.38. The second kappa shape index (κ2) is 9.07. The van der Waals surface area contributed by atoms with Crippen molar-refractivity contribution >= 4 is 39.5 Å². The van der Waals surface area contributed by atoms with Crippen molar-refractivity contribution in [3.05, 3.63) is 39.4 Å². The third kappa shape index (κ3) is 4.45. The van der Waals surface area contributed by atoms with Crippen molar-refractivity contribution < 1.29 is 14.0 Å². The van der Waals surface area contributed by atoms with Crippen LogP contribution in [0.25, 0.3) is 10.8 Å². The Labute approximate surface area is 182 Å². The van der Waals surface area contributed by atoms with Gasteiger partial charge in [0.15, 0.2) is 0 Å². The lowest BCUT2D eigenvalue weighted by atomic mass is 10.1. The molecule has 0 bridgehead atoms. The zero-order chi connectivity index (χ0) is 21.1. The van der Waals surface area contributed by atoms with Crippen LogP contribution in [0, 0.1) is 0 Å². The summed E-state index contributed by atoms with van der Waals surface area (Å²) in [5.74, 6) is 0.277. The molecule has 0 saturated carbocycles. The van der Waals surface area contributed by atoms with E-state index in [0.717, 1.165) is 41.0 Å². The number of aromatic nitrogens is 2. The molecule has 3 heterocycles. The van der Waals surface area contributed by atoms with Gasteiger partial charge >= 0.3 is 0 Å². The fourth-order valence-corrected chi connectivity index (χ4v) is 5.62. The Morgan fingerprint density at radius 2 is 2.20 bits per heavy atom. The number of nitrogens with one attached hydrogen (secondary N) is 1. The summed E-state index contributed by atoms with van der Waals surface area (Å²) in [6.07, 6.45) is 3.67. The van der Waals surface area contributed by atoms with Gasteiger partial charge in [-0.05, 0) is 49.2 Å². The number of thiophene rings is 2. The number of hydrogen-bond donors (Lipinski definition) is 2. The lowest BCUT2D eigenvalue weighted by Crippen LogP contribution is -2.33. The number of carbonyl (C=O) groups is 2. The van der Waals surface area contributed by atoms with Gasteiger partial charge in [0.1, 0.15) is 5.00 Å². The number of nitrogens with two attached hydrogens (primary N) is 1. The first-order valence-electron chi connectivity index (χ1n) is 9.88. The number of nitrogens with zero attached hydrogens (tertiary/aromatic N) is 3. The van der Waals surface area contributed by atoms with Crippen molar-refractivity contribution in [2.24, 2.45) is 5.73 Å². The topological polar surface area (TPSA) is 114 Å². The molecule has 8 nitrogen and oxygen atoms in total. The Hall–Kier alpha value is -2.56. The van der Waals surface area contributed by atoms with E-state index in [9.17, 15) is 9.59 Å². The van der Waals surface area contributed by atoms with Gasteiger partial charge in [-0.1, -0.05) is 13.0 Å². The molecule has 0 spiro atoms. The predicted molar refractivity (Wildman–Crippen MR) is 117 cm³/mol. The molecule has 1 aliphatic rings. The summed E-state index contributed by atoms with van der Waals surface area (Å²) in [7, 11) is 0. The van der Waals surface area contributed by atoms with Crippen LogP contribution in [0.4, 0.5) is 5.00 Å². The zero-order valence-electron chi connectivity index (χ0n) is 16.6. The lowest BCUT2D eigenvalue weighted by molar-refractivity contribution is -0.117. The van der Waals surface area contributed by atoms with Crippen molar-refractivity contribution in [1.29, 1.82) is 0 Å². The molecule has 0 aromatic carbocycles. The summed E-state index contributed by atoms with van der Waals surface area (Å²) in [5, 5.41) is 13.6.